The van der Waals surface area contributed by atoms with Crippen molar-refractivity contribution in [1.29, 1.82) is 0 Å². The van der Waals surface area contributed by atoms with Gasteiger partial charge in [0.2, 0.25) is 5.91 Å². The predicted molar refractivity (Wildman–Crippen MR) is 86.5 cm³/mol. The van der Waals surface area contributed by atoms with E-state index in [0.717, 1.165) is 12.1 Å². The first-order valence-electron chi connectivity index (χ1n) is 7.27. The molecule has 0 aliphatic carbocycles. The maximum absolute atomic E-state index is 13.4. The first kappa shape index (κ1) is 18.2. The van der Waals surface area contributed by atoms with E-state index in [1.807, 2.05) is 0 Å². The van der Waals surface area contributed by atoms with Crippen molar-refractivity contribution < 1.29 is 27.8 Å². The third kappa shape index (κ3) is 5.45. The van der Waals surface area contributed by atoms with Crippen molar-refractivity contribution in [3.63, 3.8) is 0 Å². The van der Waals surface area contributed by atoms with Gasteiger partial charge in [0.15, 0.2) is 18.1 Å². The summed E-state index contributed by atoms with van der Waals surface area (Å²) in [5, 5.41) is 4.56. The van der Waals surface area contributed by atoms with Gasteiger partial charge in [0.1, 0.15) is 11.6 Å². The largest absolute Gasteiger partial charge is 0.493 e. The molecule has 8 heteroatoms. The number of nitrogens with one attached hydrogen (secondary N) is 2. The van der Waals surface area contributed by atoms with Crippen LogP contribution in [0.5, 0.6) is 11.5 Å². The lowest BCUT2D eigenvalue weighted by Gasteiger charge is -2.11. The second kappa shape index (κ2) is 8.62. The molecule has 0 radical (unpaired) electrons. The number of hydrogen-bond donors (Lipinski definition) is 2. The highest BCUT2D eigenvalue weighted by Crippen LogP contribution is 2.25. The standard InChI is InChI=1S/C17H16F2N2O4/c1-24-14-4-2-3-5-15(14)25-10-17(23)20-9-16(22)21-13-7-6-11(18)8-12(13)19/h2-8H,9-10H2,1H3,(H,20,23)(H,21,22). The van der Waals surface area contributed by atoms with Crippen LogP contribution in [0.2, 0.25) is 0 Å². The van der Waals surface area contributed by atoms with E-state index < -0.39 is 23.4 Å². The van der Waals surface area contributed by atoms with Gasteiger partial charge in [-0.3, -0.25) is 9.59 Å². The minimum atomic E-state index is -0.904. The molecule has 2 amide bonds. The van der Waals surface area contributed by atoms with Gasteiger partial charge in [0, 0.05) is 6.07 Å². The maximum atomic E-state index is 13.4. The molecule has 0 unspecified atom stereocenters. The van der Waals surface area contributed by atoms with Crippen LogP contribution in [-0.2, 0) is 9.59 Å². The van der Waals surface area contributed by atoms with Crippen LogP contribution < -0.4 is 20.1 Å². The van der Waals surface area contributed by atoms with Gasteiger partial charge in [-0.05, 0) is 24.3 Å². The summed E-state index contributed by atoms with van der Waals surface area (Å²) in [7, 11) is 1.47. The van der Waals surface area contributed by atoms with Crippen molar-refractivity contribution in [2.45, 2.75) is 0 Å². The Morgan fingerprint density at radius 3 is 2.44 bits per heavy atom. The maximum Gasteiger partial charge on any atom is 0.258 e. The second-order valence-electron chi connectivity index (χ2n) is 4.89. The first-order valence-corrected chi connectivity index (χ1v) is 7.27. The summed E-state index contributed by atoms with van der Waals surface area (Å²) in [4.78, 5) is 23.4. The van der Waals surface area contributed by atoms with Crippen molar-refractivity contribution in [2.75, 3.05) is 25.6 Å². The lowest BCUT2D eigenvalue weighted by molar-refractivity contribution is -0.125. The van der Waals surface area contributed by atoms with Gasteiger partial charge in [-0.15, -0.1) is 0 Å². The summed E-state index contributed by atoms with van der Waals surface area (Å²) in [6.07, 6.45) is 0. The number of methoxy groups -OCH3 is 1. The third-order valence-electron chi connectivity index (χ3n) is 3.08. The zero-order chi connectivity index (χ0) is 18.2. The molecule has 0 heterocycles. The molecule has 25 heavy (non-hydrogen) atoms. The average Bonchev–Trinajstić information content (AvgIpc) is 2.60. The van der Waals surface area contributed by atoms with Crippen molar-refractivity contribution in [3.8, 4) is 11.5 Å². The molecular weight excluding hydrogens is 334 g/mol. The summed E-state index contributed by atoms with van der Waals surface area (Å²) in [6.45, 7) is -0.705. The number of anilines is 1. The van der Waals surface area contributed by atoms with E-state index in [0.29, 0.717) is 17.6 Å². The summed E-state index contributed by atoms with van der Waals surface area (Å²) in [5.41, 5.74) is -0.175. The number of hydrogen-bond acceptors (Lipinski definition) is 4. The minimum absolute atomic E-state index is 0.175. The Hall–Kier alpha value is -3.16. The molecule has 132 valence electrons. The van der Waals surface area contributed by atoms with Crippen molar-refractivity contribution >= 4 is 17.5 Å². The van der Waals surface area contributed by atoms with E-state index in [1.54, 1.807) is 24.3 Å². The molecule has 0 spiro atoms. The molecule has 0 saturated carbocycles. The fraction of sp³-hybridized carbons (Fsp3) is 0.176. The van der Waals surface area contributed by atoms with Gasteiger partial charge < -0.3 is 20.1 Å². The predicted octanol–water partition coefficient (Wildman–Crippen LogP) is 2.11. The van der Waals surface area contributed by atoms with E-state index >= 15 is 0 Å². The van der Waals surface area contributed by atoms with E-state index in [4.69, 9.17) is 9.47 Å². The van der Waals surface area contributed by atoms with E-state index in [9.17, 15) is 18.4 Å². The first-order chi connectivity index (χ1) is 12.0. The number of rotatable bonds is 7. The normalized spacial score (nSPS) is 10.0. The summed E-state index contributed by atoms with van der Waals surface area (Å²) >= 11 is 0. The number of amides is 2. The summed E-state index contributed by atoms with van der Waals surface area (Å²) in [5.74, 6) is -1.99. The number of ether oxygens (including phenoxy) is 2. The molecule has 0 fully saturated rings. The molecule has 0 aromatic heterocycles. The van der Waals surface area contributed by atoms with Crippen molar-refractivity contribution in [3.05, 3.63) is 54.1 Å². The third-order valence-corrected chi connectivity index (χ3v) is 3.08. The Morgan fingerprint density at radius 2 is 1.76 bits per heavy atom. The van der Waals surface area contributed by atoms with Gasteiger partial charge in [0.25, 0.3) is 5.91 Å². The lowest BCUT2D eigenvalue weighted by Crippen LogP contribution is -2.35. The van der Waals surface area contributed by atoms with Gasteiger partial charge in [-0.2, -0.15) is 0 Å². The van der Waals surface area contributed by atoms with Crippen LogP contribution >= 0.6 is 0 Å². The molecular formula is C17H16F2N2O4. The number of benzene rings is 2. The number of carbonyl (C=O) groups is 2. The average molecular weight is 350 g/mol. The van der Waals surface area contributed by atoms with Crippen LogP contribution in [0, 0.1) is 11.6 Å². The lowest BCUT2D eigenvalue weighted by atomic mass is 10.3. The number of para-hydroxylation sites is 2. The fourth-order valence-corrected chi connectivity index (χ4v) is 1.90. The van der Waals surface area contributed by atoms with Crippen LogP contribution in [0.15, 0.2) is 42.5 Å². The van der Waals surface area contributed by atoms with E-state index in [2.05, 4.69) is 10.6 Å². The number of halogens is 2. The summed E-state index contributed by atoms with van der Waals surface area (Å²) < 4.78 is 36.6. The van der Waals surface area contributed by atoms with Gasteiger partial charge in [-0.25, -0.2) is 8.78 Å². The second-order valence-corrected chi connectivity index (χ2v) is 4.89. The quantitative estimate of drug-likeness (QED) is 0.802. The van der Waals surface area contributed by atoms with Crippen LogP contribution in [-0.4, -0.2) is 32.1 Å². The van der Waals surface area contributed by atoms with Crippen molar-refractivity contribution in [2.24, 2.45) is 0 Å². The molecule has 0 saturated heterocycles. The molecule has 2 N–H and O–H groups in total. The van der Waals surface area contributed by atoms with Gasteiger partial charge in [-0.1, -0.05) is 12.1 Å². The van der Waals surface area contributed by atoms with Gasteiger partial charge in [0.05, 0.1) is 19.3 Å². The van der Waals surface area contributed by atoms with Gasteiger partial charge >= 0.3 is 0 Å². The van der Waals surface area contributed by atoms with Crippen LogP contribution in [0.4, 0.5) is 14.5 Å². The molecule has 6 nitrogen and oxygen atoms in total. The highest BCUT2D eigenvalue weighted by atomic mass is 19.1. The monoisotopic (exact) mass is 350 g/mol. The molecule has 0 bridgehead atoms. The minimum Gasteiger partial charge on any atom is -0.493 e. The van der Waals surface area contributed by atoms with Crippen molar-refractivity contribution in [1.82, 2.24) is 5.32 Å². The highest BCUT2D eigenvalue weighted by molar-refractivity contribution is 5.94. The SMILES string of the molecule is COc1ccccc1OCC(=O)NCC(=O)Nc1ccc(F)cc1F. The topological polar surface area (TPSA) is 76.7 Å². The van der Waals surface area contributed by atoms with Crippen LogP contribution in [0.1, 0.15) is 0 Å². The highest BCUT2D eigenvalue weighted by Gasteiger charge is 2.11. The van der Waals surface area contributed by atoms with Crippen LogP contribution in [0.3, 0.4) is 0 Å². The fourth-order valence-electron chi connectivity index (χ4n) is 1.90. The Bertz CT molecular complexity index is 768. The Labute approximate surface area is 142 Å². The smallest absolute Gasteiger partial charge is 0.258 e. The summed E-state index contributed by atoms with van der Waals surface area (Å²) in [6, 6.07) is 9.54. The number of carbonyl (C=O) groups excluding carboxylic acids is 2. The molecule has 2 aromatic rings. The van der Waals surface area contributed by atoms with E-state index in [-0.39, 0.29) is 18.8 Å². The Kier molecular flexibility index (Phi) is 6.27. The molecule has 2 rings (SSSR count). The molecule has 0 aliphatic heterocycles. The van der Waals surface area contributed by atoms with E-state index in [1.165, 1.54) is 7.11 Å². The Morgan fingerprint density at radius 1 is 1.04 bits per heavy atom. The molecule has 0 aliphatic rings. The molecule has 0 atom stereocenters. The molecule has 2 aromatic carbocycles. The van der Waals surface area contributed by atoms with Crippen LogP contribution in [0.25, 0.3) is 0 Å². The Balaban J connectivity index is 1.78. The zero-order valence-corrected chi connectivity index (χ0v) is 13.3. The zero-order valence-electron chi connectivity index (χ0n) is 13.3.